The monoisotopic (exact) mass is 238 g/mol. The summed E-state index contributed by atoms with van der Waals surface area (Å²) in [5.74, 6) is 0.461. The number of hydrogen-bond donors (Lipinski definition) is 1. The maximum atomic E-state index is 12.3. The summed E-state index contributed by atoms with van der Waals surface area (Å²) in [5, 5.41) is 0.677. The van der Waals surface area contributed by atoms with Gasteiger partial charge in [-0.25, -0.2) is 18.7 Å². The van der Waals surface area contributed by atoms with Gasteiger partial charge >= 0.3 is 0 Å². The highest BCUT2D eigenvalue weighted by atomic mass is 19.3. The van der Waals surface area contributed by atoms with E-state index in [1.165, 1.54) is 11.2 Å². The fraction of sp³-hybridized carbons (Fsp3) is 0.273. The lowest BCUT2D eigenvalue weighted by Crippen LogP contribution is -2.25. The van der Waals surface area contributed by atoms with Gasteiger partial charge in [0.25, 0.3) is 6.43 Å². The van der Waals surface area contributed by atoms with Crippen LogP contribution in [0.1, 0.15) is 0 Å². The molecule has 0 radical (unpaired) electrons. The SMILES string of the molecule is CN(CC(F)F)c1ncnc2ccc(N)cc12. The molecule has 0 aliphatic carbocycles. The molecule has 2 rings (SSSR count). The van der Waals surface area contributed by atoms with Gasteiger partial charge < -0.3 is 10.6 Å². The van der Waals surface area contributed by atoms with E-state index in [4.69, 9.17) is 5.73 Å². The lowest BCUT2D eigenvalue weighted by molar-refractivity contribution is 0.156. The third kappa shape index (κ3) is 2.41. The van der Waals surface area contributed by atoms with Crippen molar-refractivity contribution in [2.45, 2.75) is 6.43 Å². The summed E-state index contributed by atoms with van der Waals surface area (Å²) in [4.78, 5) is 9.49. The second-order valence-electron chi connectivity index (χ2n) is 3.75. The van der Waals surface area contributed by atoms with E-state index in [-0.39, 0.29) is 6.54 Å². The normalized spacial score (nSPS) is 11.1. The topological polar surface area (TPSA) is 55.0 Å². The average Bonchev–Trinajstić information content (AvgIpc) is 2.27. The first kappa shape index (κ1) is 11.5. The van der Waals surface area contributed by atoms with E-state index in [9.17, 15) is 8.78 Å². The highest BCUT2D eigenvalue weighted by Gasteiger charge is 2.13. The molecule has 0 saturated heterocycles. The van der Waals surface area contributed by atoms with Gasteiger partial charge in [0.1, 0.15) is 12.1 Å². The molecular weight excluding hydrogens is 226 g/mol. The Labute approximate surface area is 97.1 Å². The van der Waals surface area contributed by atoms with Crippen LogP contribution in [0.4, 0.5) is 20.3 Å². The van der Waals surface area contributed by atoms with Crippen molar-refractivity contribution >= 4 is 22.4 Å². The summed E-state index contributed by atoms with van der Waals surface area (Å²) >= 11 is 0. The third-order valence-electron chi connectivity index (χ3n) is 2.41. The first-order chi connectivity index (χ1) is 8.08. The first-order valence-electron chi connectivity index (χ1n) is 5.07. The lowest BCUT2D eigenvalue weighted by atomic mass is 10.2. The van der Waals surface area contributed by atoms with Crippen LogP contribution in [0.5, 0.6) is 0 Å². The number of anilines is 2. The van der Waals surface area contributed by atoms with Crippen LogP contribution in [0.15, 0.2) is 24.5 Å². The maximum absolute atomic E-state index is 12.3. The molecule has 0 aliphatic rings. The van der Waals surface area contributed by atoms with Crippen molar-refractivity contribution in [1.29, 1.82) is 0 Å². The van der Waals surface area contributed by atoms with Gasteiger partial charge in [0, 0.05) is 18.1 Å². The molecule has 2 aromatic rings. The van der Waals surface area contributed by atoms with Gasteiger partial charge in [-0.2, -0.15) is 0 Å². The van der Waals surface area contributed by atoms with Gasteiger partial charge in [-0.15, -0.1) is 0 Å². The Kier molecular flexibility index (Phi) is 3.03. The van der Waals surface area contributed by atoms with Crippen molar-refractivity contribution in [2.24, 2.45) is 0 Å². The Balaban J connectivity index is 2.49. The minimum atomic E-state index is -2.41. The zero-order chi connectivity index (χ0) is 12.4. The molecule has 0 unspecified atom stereocenters. The zero-order valence-electron chi connectivity index (χ0n) is 9.27. The second kappa shape index (κ2) is 4.48. The summed E-state index contributed by atoms with van der Waals surface area (Å²) in [6.45, 7) is -0.374. The smallest absolute Gasteiger partial charge is 0.255 e. The number of halogens is 2. The van der Waals surface area contributed by atoms with E-state index in [0.29, 0.717) is 22.4 Å². The predicted molar refractivity (Wildman–Crippen MR) is 63.2 cm³/mol. The van der Waals surface area contributed by atoms with Crippen LogP contribution in [0.2, 0.25) is 0 Å². The molecule has 17 heavy (non-hydrogen) atoms. The van der Waals surface area contributed by atoms with Crippen molar-refractivity contribution in [1.82, 2.24) is 9.97 Å². The van der Waals surface area contributed by atoms with Crippen molar-refractivity contribution in [2.75, 3.05) is 24.2 Å². The molecule has 2 N–H and O–H groups in total. The fourth-order valence-corrected chi connectivity index (χ4v) is 1.66. The average molecular weight is 238 g/mol. The lowest BCUT2D eigenvalue weighted by Gasteiger charge is -2.18. The number of alkyl halides is 2. The van der Waals surface area contributed by atoms with Crippen molar-refractivity contribution in [3.8, 4) is 0 Å². The number of hydrogen-bond acceptors (Lipinski definition) is 4. The van der Waals surface area contributed by atoms with Gasteiger partial charge in [-0.3, -0.25) is 0 Å². The van der Waals surface area contributed by atoms with Gasteiger partial charge in [-0.05, 0) is 18.2 Å². The van der Waals surface area contributed by atoms with E-state index in [1.54, 1.807) is 25.2 Å². The number of fused-ring (bicyclic) bond motifs is 1. The van der Waals surface area contributed by atoms with Crippen molar-refractivity contribution in [3.63, 3.8) is 0 Å². The molecule has 0 amide bonds. The van der Waals surface area contributed by atoms with E-state index >= 15 is 0 Å². The van der Waals surface area contributed by atoms with Crippen LogP contribution >= 0.6 is 0 Å². The van der Waals surface area contributed by atoms with E-state index in [1.807, 2.05) is 0 Å². The Morgan fingerprint density at radius 3 is 2.82 bits per heavy atom. The fourth-order valence-electron chi connectivity index (χ4n) is 1.66. The minimum absolute atomic E-state index is 0.374. The summed E-state index contributed by atoms with van der Waals surface area (Å²) in [5.41, 5.74) is 6.91. The van der Waals surface area contributed by atoms with E-state index < -0.39 is 6.43 Å². The highest BCUT2D eigenvalue weighted by molar-refractivity contribution is 5.91. The van der Waals surface area contributed by atoms with Crippen LogP contribution in [0.3, 0.4) is 0 Å². The first-order valence-corrected chi connectivity index (χ1v) is 5.07. The molecule has 0 saturated carbocycles. The molecule has 0 bridgehead atoms. The van der Waals surface area contributed by atoms with Crippen LogP contribution < -0.4 is 10.6 Å². The summed E-state index contributed by atoms with van der Waals surface area (Å²) in [7, 11) is 1.57. The van der Waals surface area contributed by atoms with Crippen LogP contribution in [-0.2, 0) is 0 Å². The van der Waals surface area contributed by atoms with Gasteiger partial charge in [0.05, 0.1) is 12.1 Å². The molecule has 0 fully saturated rings. The number of nitrogens with two attached hydrogens (primary N) is 1. The van der Waals surface area contributed by atoms with Gasteiger partial charge in [0.15, 0.2) is 0 Å². The molecule has 1 heterocycles. The summed E-state index contributed by atoms with van der Waals surface area (Å²) in [6.07, 6.45) is -1.05. The Morgan fingerprint density at radius 2 is 2.12 bits per heavy atom. The van der Waals surface area contributed by atoms with E-state index in [0.717, 1.165) is 0 Å². The molecule has 90 valence electrons. The van der Waals surface area contributed by atoms with Crippen molar-refractivity contribution < 1.29 is 8.78 Å². The molecule has 4 nitrogen and oxygen atoms in total. The second-order valence-corrected chi connectivity index (χ2v) is 3.75. The zero-order valence-corrected chi connectivity index (χ0v) is 9.27. The van der Waals surface area contributed by atoms with Crippen LogP contribution in [-0.4, -0.2) is 30.0 Å². The standard InChI is InChI=1S/C11H12F2N4/c1-17(5-10(12)13)11-8-4-7(14)2-3-9(8)15-6-16-11/h2-4,6,10H,5,14H2,1H3. The molecule has 0 spiro atoms. The molecule has 0 aliphatic heterocycles. The Bertz CT molecular complexity index is 530. The minimum Gasteiger partial charge on any atom is -0.399 e. The maximum Gasteiger partial charge on any atom is 0.255 e. The van der Waals surface area contributed by atoms with Crippen LogP contribution in [0.25, 0.3) is 10.9 Å². The predicted octanol–water partition coefficient (Wildman–Crippen LogP) is 1.91. The Hall–Kier alpha value is -1.98. The van der Waals surface area contributed by atoms with Crippen molar-refractivity contribution in [3.05, 3.63) is 24.5 Å². The number of benzene rings is 1. The molecule has 1 aromatic heterocycles. The largest absolute Gasteiger partial charge is 0.399 e. The molecule has 6 heteroatoms. The van der Waals surface area contributed by atoms with Gasteiger partial charge in [0.2, 0.25) is 0 Å². The highest BCUT2D eigenvalue weighted by Crippen LogP contribution is 2.24. The number of nitrogens with zero attached hydrogens (tertiary/aromatic N) is 3. The molecular formula is C11H12F2N4. The summed E-state index contributed by atoms with van der Waals surface area (Å²) < 4.78 is 24.7. The number of aromatic nitrogens is 2. The van der Waals surface area contributed by atoms with Crippen LogP contribution in [0, 0.1) is 0 Å². The number of rotatable bonds is 3. The van der Waals surface area contributed by atoms with E-state index in [2.05, 4.69) is 9.97 Å². The van der Waals surface area contributed by atoms with Gasteiger partial charge in [-0.1, -0.05) is 0 Å². The summed E-state index contributed by atoms with van der Waals surface area (Å²) in [6, 6.07) is 5.14. The quantitative estimate of drug-likeness (QED) is 0.830. The molecule has 1 aromatic carbocycles. The Morgan fingerprint density at radius 1 is 1.35 bits per heavy atom. The number of nitrogen functional groups attached to an aromatic ring is 1. The molecule has 0 atom stereocenters. The third-order valence-corrected chi connectivity index (χ3v) is 2.41.